The molecule has 0 rings (SSSR count). The molecule has 0 aliphatic rings. The van der Waals surface area contributed by atoms with Crippen molar-refractivity contribution in [2.45, 2.75) is 11.7 Å². The lowest BCUT2D eigenvalue weighted by Crippen LogP contribution is -2.42. The van der Waals surface area contributed by atoms with E-state index in [4.69, 9.17) is 15.9 Å². The molecule has 6 heteroatoms. The Kier molecular flexibility index (Phi) is 3.57. The summed E-state index contributed by atoms with van der Waals surface area (Å²) in [5.41, 5.74) is 5.12. The molecule has 0 aliphatic carbocycles. The molecule has 0 aliphatic heterocycles. The summed E-state index contributed by atoms with van der Waals surface area (Å²) >= 11 is 0. The third kappa shape index (κ3) is 2.10. The number of aliphatic carboxylic acids is 1. The lowest BCUT2D eigenvalue weighted by molar-refractivity contribution is -0.140. The van der Waals surface area contributed by atoms with Gasteiger partial charge in [-0.3, -0.25) is 0 Å². The number of nitrogens with two attached hydrogens (primary N) is 1. The lowest BCUT2D eigenvalue weighted by Gasteiger charge is -2.15. The van der Waals surface area contributed by atoms with Crippen LogP contribution >= 0.6 is 8.46 Å². The van der Waals surface area contributed by atoms with Gasteiger partial charge in [0.25, 0.3) is 0 Å². The van der Waals surface area contributed by atoms with Crippen LogP contribution in [-0.4, -0.2) is 28.1 Å². The fraction of sp³-hybridized carbons (Fsp3) is 0.750. The van der Waals surface area contributed by atoms with Crippen molar-refractivity contribution in [2.24, 2.45) is 5.73 Å². The van der Waals surface area contributed by atoms with Gasteiger partial charge in [0.15, 0.2) is 5.28 Å². The second-order valence-corrected chi connectivity index (χ2v) is 3.20. The van der Waals surface area contributed by atoms with Crippen molar-refractivity contribution in [3.8, 4) is 0 Å². The highest BCUT2D eigenvalue weighted by Crippen LogP contribution is 2.20. The number of aliphatic hydroxyl groups is 1. The van der Waals surface area contributed by atoms with Crippen LogP contribution in [0, 0.1) is 0 Å². The van der Waals surface area contributed by atoms with Crippen LogP contribution in [0.3, 0.4) is 0 Å². The quantitative estimate of drug-likeness (QED) is 0.459. The number of hydrogen-bond acceptors (Lipinski definition) is 4. The van der Waals surface area contributed by atoms with Gasteiger partial charge in [0.1, 0.15) is 0 Å². The van der Waals surface area contributed by atoms with E-state index in [0.717, 1.165) is 0 Å². The summed E-state index contributed by atoms with van der Waals surface area (Å²) in [6.45, 7) is -0.363. The summed E-state index contributed by atoms with van der Waals surface area (Å²) in [5, 5.41) is 14.9. The first-order valence-electron chi connectivity index (χ1n) is 2.66. The molecule has 0 saturated heterocycles. The Morgan fingerprint density at radius 1 is 1.70 bits per heavy atom. The van der Waals surface area contributed by atoms with Crippen molar-refractivity contribution in [3.05, 3.63) is 0 Å². The molecule has 0 spiro atoms. The molecular formula is C4H10NO4P. The van der Waals surface area contributed by atoms with Crippen LogP contribution in [0.25, 0.3) is 0 Å². The maximum Gasteiger partial charge on any atom is 0.330 e. The Hall–Kier alpha value is -0.380. The van der Waals surface area contributed by atoms with Crippen molar-refractivity contribution in [1.29, 1.82) is 0 Å². The van der Waals surface area contributed by atoms with E-state index in [0.29, 0.717) is 0 Å². The van der Waals surface area contributed by atoms with Crippen molar-refractivity contribution in [1.82, 2.24) is 0 Å². The van der Waals surface area contributed by atoms with Gasteiger partial charge in [0.2, 0.25) is 0 Å². The molecule has 10 heavy (non-hydrogen) atoms. The maximum atomic E-state index is 10.2. The molecule has 0 heterocycles. The van der Waals surface area contributed by atoms with Crippen LogP contribution in [0.5, 0.6) is 0 Å². The predicted molar refractivity (Wildman–Crippen MR) is 36.7 cm³/mol. The summed E-state index contributed by atoms with van der Waals surface area (Å²) in [7, 11) is -1.60. The second kappa shape index (κ2) is 3.71. The van der Waals surface area contributed by atoms with E-state index in [2.05, 4.69) is 0 Å². The van der Waals surface area contributed by atoms with E-state index in [9.17, 15) is 9.36 Å². The van der Waals surface area contributed by atoms with E-state index < -0.39 is 19.7 Å². The largest absolute Gasteiger partial charge is 0.480 e. The van der Waals surface area contributed by atoms with E-state index in [1.54, 1.807) is 0 Å². The minimum atomic E-state index is -1.71. The highest BCUT2D eigenvalue weighted by molar-refractivity contribution is 7.27. The Morgan fingerprint density at radius 3 is 2.30 bits per heavy atom. The van der Waals surface area contributed by atoms with Crippen LogP contribution in [0.2, 0.25) is 0 Å². The fourth-order valence-electron chi connectivity index (χ4n) is 0.401. The first kappa shape index (κ1) is 9.62. The Bertz CT molecular complexity index is 150. The molecule has 0 aromatic rings. The van der Waals surface area contributed by atoms with Crippen LogP contribution in [0.4, 0.5) is 0 Å². The molecule has 5 nitrogen and oxygen atoms in total. The maximum absolute atomic E-state index is 10.2. The van der Waals surface area contributed by atoms with Gasteiger partial charge >= 0.3 is 5.97 Å². The van der Waals surface area contributed by atoms with Crippen LogP contribution in [0.15, 0.2) is 0 Å². The SMILES string of the molecule is NC(CCO)([PH2]=O)C(=O)O. The van der Waals surface area contributed by atoms with Crippen molar-refractivity contribution in [3.63, 3.8) is 0 Å². The highest BCUT2D eigenvalue weighted by Gasteiger charge is 2.31. The summed E-state index contributed by atoms with van der Waals surface area (Å²) in [4.78, 5) is 10.2. The zero-order valence-electron chi connectivity index (χ0n) is 5.28. The smallest absolute Gasteiger partial charge is 0.330 e. The van der Waals surface area contributed by atoms with Crippen molar-refractivity contribution < 1.29 is 19.6 Å². The number of rotatable bonds is 4. The van der Waals surface area contributed by atoms with Gasteiger partial charge in [-0.25, -0.2) is 4.79 Å². The number of aliphatic hydroxyl groups excluding tert-OH is 1. The molecule has 2 atom stereocenters. The van der Waals surface area contributed by atoms with Crippen molar-refractivity contribution in [2.75, 3.05) is 6.61 Å². The standard InChI is InChI=1S/C4H10NO4P/c5-4(10-9,1-2-6)3(7)8/h6H,1-2,5,10H2,(H,7,8). The molecule has 0 fully saturated rings. The molecule has 60 valence electrons. The molecule has 0 amide bonds. The fourth-order valence-corrected chi connectivity index (χ4v) is 0.749. The molecule has 0 radical (unpaired) electrons. The number of carboxylic acid groups (broad SMARTS) is 1. The predicted octanol–water partition coefficient (Wildman–Crippen LogP) is -1.14. The van der Waals surface area contributed by atoms with Crippen LogP contribution in [0.1, 0.15) is 6.42 Å². The molecular weight excluding hydrogens is 157 g/mol. The van der Waals surface area contributed by atoms with Crippen molar-refractivity contribution >= 4 is 14.4 Å². The summed E-state index contributed by atoms with van der Waals surface area (Å²) < 4.78 is 10.2. The zero-order chi connectivity index (χ0) is 8.20. The normalized spacial score (nSPS) is 17.4. The minimum absolute atomic E-state index is 0.166. The van der Waals surface area contributed by atoms with Gasteiger partial charge in [-0.1, -0.05) is 0 Å². The first-order valence-corrected chi connectivity index (χ1v) is 3.71. The number of hydrogen-bond donors (Lipinski definition) is 3. The summed E-state index contributed by atoms with van der Waals surface area (Å²) in [5.74, 6) is -1.33. The van der Waals surface area contributed by atoms with Crippen LogP contribution < -0.4 is 5.73 Å². The van der Waals surface area contributed by atoms with E-state index in [1.165, 1.54) is 0 Å². The van der Waals surface area contributed by atoms with E-state index in [-0.39, 0.29) is 13.0 Å². The Labute approximate surface area is 59.0 Å². The number of carboxylic acids is 1. The van der Waals surface area contributed by atoms with Gasteiger partial charge in [-0.05, 0) is 0 Å². The van der Waals surface area contributed by atoms with Gasteiger partial charge < -0.3 is 20.5 Å². The third-order valence-electron chi connectivity index (χ3n) is 1.13. The molecule has 0 saturated carbocycles. The molecule has 0 aromatic heterocycles. The minimum Gasteiger partial charge on any atom is -0.480 e. The second-order valence-electron chi connectivity index (χ2n) is 1.94. The Morgan fingerprint density at radius 2 is 2.20 bits per heavy atom. The molecule has 0 bridgehead atoms. The van der Waals surface area contributed by atoms with Crippen LogP contribution in [-0.2, 0) is 9.36 Å². The number of carbonyl (C=O) groups is 1. The van der Waals surface area contributed by atoms with E-state index in [1.807, 2.05) is 0 Å². The van der Waals surface area contributed by atoms with Gasteiger partial charge in [0.05, 0.1) is 8.46 Å². The highest BCUT2D eigenvalue weighted by atomic mass is 31.1. The third-order valence-corrected chi connectivity index (χ3v) is 2.09. The van der Waals surface area contributed by atoms with Gasteiger partial charge in [-0.15, -0.1) is 0 Å². The average Bonchev–Trinajstić information content (AvgIpc) is 1.88. The molecule has 4 N–H and O–H groups in total. The summed E-state index contributed by atoms with van der Waals surface area (Å²) in [6, 6.07) is 0. The topological polar surface area (TPSA) is 101 Å². The van der Waals surface area contributed by atoms with E-state index >= 15 is 0 Å². The zero-order valence-corrected chi connectivity index (χ0v) is 6.43. The van der Waals surface area contributed by atoms with Gasteiger partial charge in [-0.2, -0.15) is 0 Å². The summed E-state index contributed by atoms with van der Waals surface area (Å²) in [6.07, 6.45) is -0.166. The average molecular weight is 167 g/mol. The monoisotopic (exact) mass is 167 g/mol. The molecule has 2 unspecified atom stereocenters. The lowest BCUT2D eigenvalue weighted by atomic mass is 10.2. The Balaban J connectivity index is 4.22. The molecule has 0 aromatic carbocycles. The first-order chi connectivity index (χ1) is 4.56. The van der Waals surface area contributed by atoms with Gasteiger partial charge in [0, 0.05) is 13.0 Å².